The Morgan fingerprint density at radius 3 is 2.07 bits per heavy atom. The van der Waals surface area contributed by atoms with Gasteiger partial charge in [0.05, 0.1) is 6.42 Å². The molecule has 1 fully saturated rings. The molecule has 0 aromatic rings. The van der Waals surface area contributed by atoms with Crippen molar-refractivity contribution in [3.05, 3.63) is 0 Å². The molecule has 0 aliphatic heterocycles. The highest BCUT2D eigenvalue weighted by atomic mass is 16.4. The quantitative estimate of drug-likeness (QED) is 0.615. The third-order valence-electron chi connectivity index (χ3n) is 2.82. The van der Waals surface area contributed by atoms with Crippen molar-refractivity contribution < 1.29 is 24.9 Å². The number of carboxylic acids is 2. The number of rotatable bonds is 4. The number of aliphatic hydroxyl groups is 1. The zero-order chi connectivity index (χ0) is 10.8. The van der Waals surface area contributed by atoms with Crippen molar-refractivity contribution in [3.63, 3.8) is 0 Å². The summed E-state index contributed by atoms with van der Waals surface area (Å²) in [4.78, 5) is 21.3. The maximum absolute atomic E-state index is 10.8. The molecule has 5 heteroatoms. The van der Waals surface area contributed by atoms with Gasteiger partial charge in [-0.2, -0.15) is 0 Å². The summed E-state index contributed by atoms with van der Waals surface area (Å²) in [5, 5.41) is 27.1. The molecular weight excluding hydrogens is 188 g/mol. The minimum absolute atomic E-state index is 0.420. The van der Waals surface area contributed by atoms with Crippen molar-refractivity contribution in [1.82, 2.24) is 0 Å². The molecule has 5 nitrogen and oxygen atoms in total. The predicted octanol–water partition coefficient (Wildman–Crippen LogP) is 0.467. The third kappa shape index (κ3) is 2.04. The Kier molecular flexibility index (Phi) is 3.10. The number of carboxylic acid groups (broad SMARTS) is 2. The van der Waals surface area contributed by atoms with Crippen molar-refractivity contribution in [2.45, 2.75) is 37.7 Å². The van der Waals surface area contributed by atoms with Crippen LogP contribution in [0, 0.1) is 5.92 Å². The molecule has 80 valence electrons. The van der Waals surface area contributed by atoms with E-state index >= 15 is 0 Å². The first-order valence-corrected chi connectivity index (χ1v) is 4.64. The van der Waals surface area contributed by atoms with E-state index in [0.717, 1.165) is 12.8 Å². The van der Waals surface area contributed by atoms with Crippen LogP contribution in [0.5, 0.6) is 0 Å². The first-order valence-electron chi connectivity index (χ1n) is 4.64. The Bertz CT molecular complexity index is 244. The van der Waals surface area contributed by atoms with Crippen molar-refractivity contribution in [2.24, 2.45) is 5.92 Å². The van der Waals surface area contributed by atoms with Crippen LogP contribution < -0.4 is 0 Å². The monoisotopic (exact) mass is 202 g/mol. The molecule has 0 heterocycles. The Morgan fingerprint density at radius 1 is 1.21 bits per heavy atom. The minimum Gasteiger partial charge on any atom is -0.481 e. The van der Waals surface area contributed by atoms with Crippen LogP contribution in [0.2, 0.25) is 0 Å². The molecule has 0 aromatic heterocycles. The lowest BCUT2D eigenvalue weighted by Gasteiger charge is -2.27. The van der Waals surface area contributed by atoms with Gasteiger partial charge in [-0.3, -0.25) is 4.79 Å². The van der Waals surface area contributed by atoms with Crippen molar-refractivity contribution in [3.8, 4) is 0 Å². The average molecular weight is 202 g/mol. The van der Waals surface area contributed by atoms with Gasteiger partial charge in [0, 0.05) is 0 Å². The van der Waals surface area contributed by atoms with Gasteiger partial charge in [0.1, 0.15) is 0 Å². The molecule has 1 unspecified atom stereocenters. The van der Waals surface area contributed by atoms with Gasteiger partial charge >= 0.3 is 11.9 Å². The minimum atomic E-state index is -2.08. The third-order valence-corrected chi connectivity index (χ3v) is 2.82. The zero-order valence-corrected chi connectivity index (χ0v) is 7.77. The van der Waals surface area contributed by atoms with Gasteiger partial charge < -0.3 is 15.3 Å². The van der Waals surface area contributed by atoms with E-state index in [1.165, 1.54) is 0 Å². The number of carbonyl (C=O) groups is 2. The van der Waals surface area contributed by atoms with Gasteiger partial charge in [0.25, 0.3) is 0 Å². The number of hydrogen-bond donors (Lipinski definition) is 3. The summed E-state index contributed by atoms with van der Waals surface area (Å²) in [6.07, 6.45) is 2.19. The zero-order valence-electron chi connectivity index (χ0n) is 7.77. The van der Waals surface area contributed by atoms with Gasteiger partial charge in [-0.05, 0) is 18.8 Å². The van der Waals surface area contributed by atoms with Crippen LogP contribution in [0.1, 0.15) is 32.1 Å². The number of hydrogen-bond acceptors (Lipinski definition) is 3. The fraction of sp³-hybridized carbons (Fsp3) is 0.778. The summed E-state index contributed by atoms with van der Waals surface area (Å²) in [5.74, 6) is -3.12. The smallest absolute Gasteiger partial charge is 0.336 e. The van der Waals surface area contributed by atoms with Crippen LogP contribution in [0.15, 0.2) is 0 Å². The Hall–Kier alpha value is -1.10. The summed E-state index contributed by atoms with van der Waals surface area (Å²) in [6.45, 7) is 0. The normalized spacial score (nSPS) is 21.8. The van der Waals surface area contributed by atoms with Gasteiger partial charge in [0.2, 0.25) is 0 Å². The second-order valence-corrected chi connectivity index (χ2v) is 3.78. The first kappa shape index (κ1) is 11.0. The molecule has 1 aliphatic carbocycles. The summed E-state index contributed by atoms with van der Waals surface area (Å²) < 4.78 is 0. The Balaban J connectivity index is 2.79. The second kappa shape index (κ2) is 3.96. The maximum Gasteiger partial charge on any atom is 0.336 e. The van der Waals surface area contributed by atoms with Gasteiger partial charge in [-0.15, -0.1) is 0 Å². The van der Waals surface area contributed by atoms with Crippen LogP contribution in [-0.4, -0.2) is 32.9 Å². The van der Waals surface area contributed by atoms with Crippen LogP contribution in [0.4, 0.5) is 0 Å². The fourth-order valence-electron chi connectivity index (χ4n) is 2.03. The molecule has 0 bridgehead atoms. The summed E-state index contributed by atoms with van der Waals surface area (Å²) >= 11 is 0. The standard InChI is InChI=1S/C9H14O5/c10-7(11)5-9(14,8(12)13)6-3-1-2-4-6/h6,14H,1-5H2,(H,10,11)(H,12,13). The highest BCUT2D eigenvalue weighted by molar-refractivity contribution is 5.84. The SMILES string of the molecule is O=C(O)CC(O)(C(=O)O)C1CCCC1. The Labute approximate surface area is 81.4 Å². The highest BCUT2D eigenvalue weighted by Crippen LogP contribution is 2.36. The molecule has 1 saturated carbocycles. The Morgan fingerprint density at radius 2 is 1.71 bits per heavy atom. The molecule has 3 N–H and O–H groups in total. The van der Waals surface area contributed by atoms with Gasteiger partial charge in [0.15, 0.2) is 5.60 Å². The molecule has 0 spiro atoms. The fourth-order valence-corrected chi connectivity index (χ4v) is 2.03. The van der Waals surface area contributed by atoms with Gasteiger partial charge in [-0.1, -0.05) is 12.8 Å². The summed E-state index contributed by atoms with van der Waals surface area (Å²) in [6, 6.07) is 0. The first-order chi connectivity index (χ1) is 6.47. The van der Waals surface area contributed by atoms with Gasteiger partial charge in [-0.25, -0.2) is 4.79 Å². The number of aliphatic carboxylic acids is 2. The van der Waals surface area contributed by atoms with Crippen LogP contribution >= 0.6 is 0 Å². The van der Waals surface area contributed by atoms with Crippen molar-refractivity contribution in [1.29, 1.82) is 0 Å². The maximum atomic E-state index is 10.8. The predicted molar refractivity (Wildman–Crippen MR) is 46.8 cm³/mol. The summed E-state index contributed by atoms with van der Waals surface area (Å²) in [5.41, 5.74) is -2.08. The van der Waals surface area contributed by atoms with E-state index in [9.17, 15) is 14.7 Å². The summed E-state index contributed by atoms with van der Waals surface area (Å²) in [7, 11) is 0. The second-order valence-electron chi connectivity index (χ2n) is 3.78. The van der Waals surface area contributed by atoms with Crippen molar-refractivity contribution in [2.75, 3.05) is 0 Å². The molecule has 0 aromatic carbocycles. The molecular formula is C9H14O5. The molecule has 0 radical (unpaired) electrons. The molecule has 1 atom stereocenters. The molecule has 14 heavy (non-hydrogen) atoms. The van der Waals surface area contributed by atoms with E-state index < -0.39 is 29.9 Å². The van der Waals surface area contributed by atoms with Crippen LogP contribution in [-0.2, 0) is 9.59 Å². The highest BCUT2D eigenvalue weighted by Gasteiger charge is 2.46. The van der Waals surface area contributed by atoms with Crippen LogP contribution in [0.3, 0.4) is 0 Å². The molecule has 1 rings (SSSR count). The topological polar surface area (TPSA) is 94.8 Å². The molecule has 0 saturated heterocycles. The van der Waals surface area contributed by atoms with E-state index in [-0.39, 0.29) is 0 Å². The lowest BCUT2D eigenvalue weighted by Crippen LogP contribution is -2.46. The van der Waals surface area contributed by atoms with E-state index in [2.05, 4.69) is 0 Å². The van der Waals surface area contributed by atoms with Crippen LogP contribution in [0.25, 0.3) is 0 Å². The van der Waals surface area contributed by atoms with E-state index in [1.807, 2.05) is 0 Å². The molecule has 1 aliphatic rings. The average Bonchev–Trinajstić information content (AvgIpc) is 2.53. The van der Waals surface area contributed by atoms with E-state index in [0.29, 0.717) is 12.8 Å². The lowest BCUT2D eigenvalue weighted by atomic mass is 9.83. The van der Waals surface area contributed by atoms with E-state index in [1.54, 1.807) is 0 Å². The largest absolute Gasteiger partial charge is 0.481 e. The van der Waals surface area contributed by atoms with Crippen molar-refractivity contribution >= 4 is 11.9 Å². The van der Waals surface area contributed by atoms with E-state index in [4.69, 9.17) is 10.2 Å². The molecule has 0 amide bonds. The lowest BCUT2D eigenvalue weighted by molar-refractivity contribution is -0.171.